The average Bonchev–Trinajstić information content (AvgIpc) is 2.25. The summed E-state index contributed by atoms with van der Waals surface area (Å²) >= 11 is 0. The van der Waals surface area contributed by atoms with E-state index in [2.05, 4.69) is 4.74 Å². The third-order valence-electron chi connectivity index (χ3n) is 2.34. The van der Waals surface area contributed by atoms with Gasteiger partial charge in [-0.05, 0) is 24.1 Å². The van der Waals surface area contributed by atoms with E-state index in [-0.39, 0.29) is 5.56 Å². The van der Waals surface area contributed by atoms with Crippen LogP contribution in [0.25, 0.3) is 0 Å². The Morgan fingerprint density at radius 1 is 1.41 bits per heavy atom. The molecular formula is C11H13FO4S. The maximum Gasteiger partial charge on any atom is 0.338 e. The van der Waals surface area contributed by atoms with E-state index in [1.54, 1.807) is 6.92 Å². The van der Waals surface area contributed by atoms with Gasteiger partial charge in [-0.3, -0.25) is 0 Å². The Morgan fingerprint density at radius 2 is 2.00 bits per heavy atom. The lowest BCUT2D eigenvalue weighted by atomic mass is 10.1. The molecule has 0 radical (unpaired) electrons. The molecule has 0 fully saturated rings. The second-order valence-electron chi connectivity index (χ2n) is 3.56. The van der Waals surface area contributed by atoms with Gasteiger partial charge in [0, 0.05) is 6.26 Å². The third-order valence-corrected chi connectivity index (χ3v) is 3.46. The topological polar surface area (TPSA) is 60.4 Å². The summed E-state index contributed by atoms with van der Waals surface area (Å²) < 4.78 is 40.7. The standard InChI is InChI=1S/C11H13FO4S/c1-4-7-5-9(12)10(17(3,14)15)6-8(7)11(13)16-2/h5-6H,4H2,1-3H3. The molecule has 0 bridgehead atoms. The smallest absolute Gasteiger partial charge is 0.338 e. The zero-order valence-corrected chi connectivity index (χ0v) is 10.6. The van der Waals surface area contributed by atoms with Crippen molar-refractivity contribution in [2.45, 2.75) is 18.2 Å². The second kappa shape index (κ2) is 4.83. The number of aryl methyl sites for hydroxylation is 1. The predicted molar refractivity (Wildman–Crippen MR) is 60.2 cm³/mol. The quantitative estimate of drug-likeness (QED) is 0.774. The molecule has 0 saturated heterocycles. The first-order valence-electron chi connectivity index (χ1n) is 4.92. The van der Waals surface area contributed by atoms with E-state index in [4.69, 9.17) is 0 Å². The Labute approximate surface area is 99.3 Å². The fraction of sp³-hybridized carbons (Fsp3) is 0.364. The Kier molecular flexibility index (Phi) is 3.87. The molecule has 0 aliphatic rings. The van der Waals surface area contributed by atoms with E-state index in [9.17, 15) is 17.6 Å². The van der Waals surface area contributed by atoms with Crippen LogP contribution >= 0.6 is 0 Å². The number of halogens is 1. The van der Waals surface area contributed by atoms with Crippen molar-refractivity contribution in [1.29, 1.82) is 0 Å². The van der Waals surface area contributed by atoms with Crippen LogP contribution in [-0.4, -0.2) is 27.8 Å². The van der Waals surface area contributed by atoms with E-state index < -0.39 is 26.5 Å². The molecule has 4 nitrogen and oxygen atoms in total. The summed E-state index contributed by atoms with van der Waals surface area (Å²) in [4.78, 5) is 11.0. The SMILES string of the molecule is CCc1cc(F)c(S(C)(=O)=O)cc1C(=O)OC. The van der Waals surface area contributed by atoms with Gasteiger partial charge in [0.1, 0.15) is 10.7 Å². The Balaban J connectivity index is 3.54. The molecule has 0 heterocycles. The van der Waals surface area contributed by atoms with Gasteiger partial charge < -0.3 is 4.74 Å². The molecule has 0 aliphatic heterocycles. The van der Waals surface area contributed by atoms with Crippen molar-refractivity contribution in [3.8, 4) is 0 Å². The molecule has 0 saturated carbocycles. The highest BCUT2D eigenvalue weighted by Gasteiger charge is 2.20. The molecule has 0 spiro atoms. The van der Waals surface area contributed by atoms with Crippen molar-refractivity contribution in [1.82, 2.24) is 0 Å². The van der Waals surface area contributed by atoms with Crippen LogP contribution in [0.15, 0.2) is 17.0 Å². The molecule has 0 aliphatic carbocycles. The lowest BCUT2D eigenvalue weighted by molar-refractivity contribution is 0.0599. The number of benzene rings is 1. The van der Waals surface area contributed by atoms with E-state index in [1.807, 2.05) is 0 Å². The molecule has 1 rings (SSSR count). The van der Waals surface area contributed by atoms with Gasteiger partial charge >= 0.3 is 5.97 Å². The molecular weight excluding hydrogens is 247 g/mol. The van der Waals surface area contributed by atoms with Gasteiger partial charge in [-0.2, -0.15) is 0 Å². The van der Waals surface area contributed by atoms with Crippen LogP contribution in [0.1, 0.15) is 22.8 Å². The molecule has 1 aromatic rings. The van der Waals surface area contributed by atoms with Gasteiger partial charge in [0.25, 0.3) is 0 Å². The third kappa shape index (κ3) is 2.82. The molecule has 0 aromatic heterocycles. The molecule has 17 heavy (non-hydrogen) atoms. The van der Waals surface area contributed by atoms with Crippen molar-refractivity contribution in [2.75, 3.05) is 13.4 Å². The van der Waals surface area contributed by atoms with E-state index in [0.717, 1.165) is 18.4 Å². The number of carbonyl (C=O) groups excluding carboxylic acids is 1. The van der Waals surface area contributed by atoms with Crippen LogP contribution in [-0.2, 0) is 21.0 Å². The number of hydrogen-bond donors (Lipinski definition) is 0. The van der Waals surface area contributed by atoms with E-state index in [0.29, 0.717) is 12.0 Å². The minimum Gasteiger partial charge on any atom is -0.465 e. The summed E-state index contributed by atoms with van der Waals surface area (Å²) in [7, 11) is -2.52. The minimum atomic E-state index is -3.71. The normalized spacial score (nSPS) is 11.3. The molecule has 0 amide bonds. The van der Waals surface area contributed by atoms with Crippen LogP contribution in [0.2, 0.25) is 0 Å². The lowest BCUT2D eigenvalue weighted by Gasteiger charge is -2.09. The highest BCUT2D eigenvalue weighted by molar-refractivity contribution is 7.90. The molecule has 0 unspecified atom stereocenters. The number of hydrogen-bond acceptors (Lipinski definition) is 4. The van der Waals surface area contributed by atoms with Gasteiger partial charge in [-0.15, -0.1) is 0 Å². The van der Waals surface area contributed by atoms with Crippen molar-refractivity contribution in [3.05, 3.63) is 29.1 Å². The number of carbonyl (C=O) groups is 1. The Morgan fingerprint density at radius 3 is 2.41 bits per heavy atom. The van der Waals surface area contributed by atoms with E-state index in [1.165, 1.54) is 7.11 Å². The van der Waals surface area contributed by atoms with Gasteiger partial charge in [0.15, 0.2) is 9.84 Å². The first kappa shape index (κ1) is 13.6. The van der Waals surface area contributed by atoms with Crippen molar-refractivity contribution in [3.63, 3.8) is 0 Å². The molecule has 6 heteroatoms. The summed E-state index contributed by atoms with van der Waals surface area (Å²) in [6.45, 7) is 1.74. The van der Waals surface area contributed by atoms with Crippen molar-refractivity contribution >= 4 is 15.8 Å². The Bertz CT molecular complexity index is 549. The van der Waals surface area contributed by atoms with Gasteiger partial charge in [0.2, 0.25) is 0 Å². The molecule has 0 N–H and O–H groups in total. The zero-order chi connectivity index (χ0) is 13.2. The number of sulfone groups is 1. The maximum atomic E-state index is 13.5. The van der Waals surface area contributed by atoms with Gasteiger partial charge in [-0.25, -0.2) is 17.6 Å². The van der Waals surface area contributed by atoms with E-state index >= 15 is 0 Å². The first-order valence-corrected chi connectivity index (χ1v) is 6.81. The predicted octanol–water partition coefficient (Wildman–Crippen LogP) is 1.58. The summed E-state index contributed by atoms with van der Waals surface area (Å²) in [5.74, 6) is -1.52. The van der Waals surface area contributed by atoms with Crippen LogP contribution in [0.4, 0.5) is 4.39 Å². The molecule has 0 atom stereocenters. The number of ether oxygens (including phenoxy) is 1. The lowest BCUT2D eigenvalue weighted by Crippen LogP contribution is -2.10. The van der Waals surface area contributed by atoms with Gasteiger partial charge in [-0.1, -0.05) is 6.92 Å². The van der Waals surface area contributed by atoms with Crippen LogP contribution in [0.5, 0.6) is 0 Å². The number of methoxy groups -OCH3 is 1. The summed E-state index contributed by atoms with van der Waals surface area (Å²) in [6, 6.07) is 2.08. The second-order valence-corrected chi connectivity index (χ2v) is 5.54. The molecule has 94 valence electrons. The monoisotopic (exact) mass is 260 g/mol. The number of esters is 1. The average molecular weight is 260 g/mol. The van der Waals surface area contributed by atoms with Crippen molar-refractivity contribution in [2.24, 2.45) is 0 Å². The largest absolute Gasteiger partial charge is 0.465 e. The fourth-order valence-electron chi connectivity index (χ4n) is 1.47. The van der Waals surface area contributed by atoms with Crippen LogP contribution in [0.3, 0.4) is 0 Å². The fourth-order valence-corrected chi connectivity index (χ4v) is 2.22. The highest BCUT2D eigenvalue weighted by atomic mass is 32.2. The Hall–Kier alpha value is -1.43. The number of rotatable bonds is 3. The van der Waals surface area contributed by atoms with Crippen LogP contribution in [0, 0.1) is 5.82 Å². The van der Waals surface area contributed by atoms with Crippen molar-refractivity contribution < 1.29 is 22.3 Å². The summed E-state index contributed by atoms with van der Waals surface area (Å²) in [5, 5.41) is 0. The highest BCUT2D eigenvalue weighted by Crippen LogP contribution is 2.21. The minimum absolute atomic E-state index is 0.0804. The van der Waals surface area contributed by atoms with Gasteiger partial charge in [0.05, 0.1) is 12.7 Å². The summed E-state index contributed by atoms with van der Waals surface area (Å²) in [6.07, 6.45) is 1.30. The maximum absolute atomic E-state index is 13.5. The summed E-state index contributed by atoms with van der Waals surface area (Å²) in [5.41, 5.74) is 0.499. The first-order chi connectivity index (χ1) is 7.81. The molecule has 1 aromatic carbocycles. The zero-order valence-electron chi connectivity index (χ0n) is 9.78. The van der Waals surface area contributed by atoms with Crippen LogP contribution < -0.4 is 0 Å².